The Balaban J connectivity index is 0.000000140. The number of halogens is 1. The molecular weight excluding hydrogens is 1660 g/mol. The average Bonchev–Trinajstić information content (AvgIpc) is 1.65. The van der Waals surface area contributed by atoms with Crippen LogP contribution in [0.2, 0.25) is 0 Å². The highest BCUT2D eigenvalue weighted by atomic mass is 79.9. The molecule has 6 aliphatic rings. The summed E-state index contributed by atoms with van der Waals surface area (Å²) in [6.07, 6.45) is 4.06. The van der Waals surface area contributed by atoms with Gasteiger partial charge in [0.15, 0.2) is 40.5 Å². The number of aryl methyl sites for hydroxylation is 1. The minimum absolute atomic E-state index is 0.00797. The fourth-order valence-corrected chi connectivity index (χ4v) is 18.3. The summed E-state index contributed by atoms with van der Waals surface area (Å²) in [7, 11) is 5.20. The number of rotatable bonds is 17. The number of amides is 7. The second-order valence-corrected chi connectivity index (χ2v) is 33.9. The number of morpholine rings is 1. The number of carbonyl (C=O) groups excluding carboxylic acids is 7. The summed E-state index contributed by atoms with van der Waals surface area (Å²) in [5.41, 5.74) is 32.7. The van der Waals surface area contributed by atoms with Crippen molar-refractivity contribution >= 4 is 103 Å². The predicted molar refractivity (Wildman–Crippen MR) is 489 cm³/mol. The van der Waals surface area contributed by atoms with Gasteiger partial charge < -0.3 is 42.8 Å². The monoisotopic (exact) mass is 1750 g/mol. The van der Waals surface area contributed by atoms with E-state index in [0.717, 1.165) is 94.3 Å². The van der Waals surface area contributed by atoms with Crippen LogP contribution in [0.5, 0.6) is 0 Å². The molecule has 125 heavy (non-hydrogen) atoms. The third kappa shape index (κ3) is 18.0. The van der Waals surface area contributed by atoms with E-state index in [2.05, 4.69) is 42.4 Å². The molecular formula is C97H99BrN18O8S. The fourth-order valence-electron chi connectivity index (χ4n) is 16.8. The molecule has 5 atom stereocenters. The van der Waals surface area contributed by atoms with Crippen molar-refractivity contribution < 1.29 is 38.3 Å². The third-order valence-electron chi connectivity index (χ3n) is 24.1. The number of benzene rings is 9. The SMILES string of the molecule is CC(=O)N1CCC(CN2C(=O)C(C)(c3cccc(-c4cccc(C(=O)N5CCOCC5)c4)c3)N=C2N)CC1.CC(NC(=O)c1cccc(CN2C(=O)C(c3ccccc3)(c3ccccc3)N=C2N)c1)c1ccccc1.CCC1(c2cccc(Br)c2)N=C(N)N(C)C1=O.CN1C(=O)[C@H](c2ccc3c(cnn3C)c2)[C@@](C)(c2cc(-c3cccc(C#N)c3)cs2)N=C1N. The number of fused-ring (bicyclic) bond motifs is 1. The first-order valence-corrected chi connectivity index (χ1v) is 43.0. The molecule has 0 saturated carbocycles. The molecule has 28 heteroatoms. The van der Waals surface area contributed by atoms with Gasteiger partial charge >= 0.3 is 0 Å². The maximum atomic E-state index is 14.0. The second-order valence-electron chi connectivity index (χ2n) is 32.1. The number of likely N-dealkylation sites (N-methyl/N-ethyl adjacent to an activating group) is 2. The lowest BCUT2D eigenvalue weighted by Crippen LogP contribution is -2.52. The molecule has 2 aromatic heterocycles. The Bertz CT molecular complexity index is 6060. The molecule has 3 unspecified atom stereocenters. The number of nitrogens with two attached hydrogens (primary N) is 4. The Labute approximate surface area is 738 Å². The highest BCUT2D eigenvalue weighted by Gasteiger charge is 2.52. The van der Waals surface area contributed by atoms with Crippen LogP contribution in [0.4, 0.5) is 0 Å². The quantitative estimate of drug-likeness (QED) is 0.0566. The van der Waals surface area contributed by atoms with Crippen LogP contribution in [0.15, 0.2) is 273 Å². The molecule has 0 aliphatic carbocycles. The average molecular weight is 1760 g/mol. The van der Waals surface area contributed by atoms with Crippen LogP contribution in [0.3, 0.4) is 0 Å². The normalized spacial score (nSPS) is 20.1. The standard InChI is InChI=1S/C31H28N4O2.C29H35N5O4.C25H22N6OS.C12H14BrN3O/c1-22(24-13-5-2-6-14-24)33-28(36)25-15-11-12-23(20-25)21-35-29(37)31(34-30(35)32,26-16-7-3-8-17-26)27-18-9-4-10-19-27;1-20(35)32-11-9-21(10-12-32)19-34-27(37)29(2,31-28(34)30)25-8-4-6-23(18-25)22-5-3-7-24(17-22)26(36)33-13-15-38-16-14-33;1-25(21-11-19(14-33-21)16-6-4-5-15(9-16)12-26)22(23(32)30(2)24(27)29-25)17-7-8-20-18(10-17)13-28-31(20)3;1-3-12(8-5-4-6-9(13)7-8)10(17)16(2)11(14)15-12/h2-20,22H,21H2,1H3,(H2,32,34)(H,33,36);3-8,17-18,21H,9-16,19H2,1-2H3,(H2,30,31);4-11,13-14,22H,1-3H3,(H2,27,29);4-7H,3H2,1-2H3,(H2,14,15)/t;;22-,25+;/m..0./s1. The number of aliphatic imine (C=N–C) groups is 4. The zero-order valence-corrected chi connectivity index (χ0v) is 73.3. The van der Waals surface area contributed by atoms with Crippen LogP contribution < -0.4 is 28.3 Å². The molecule has 0 spiro atoms. The molecule has 2 fully saturated rings. The van der Waals surface area contributed by atoms with Gasteiger partial charge in [0, 0.05) is 86.7 Å². The number of ether oxygens (including phenoxy) is 1. The number of thiophene rings is 1. The van der Waals surface area contributed by atoms with E-state index in [1.807, 2.05) is 266 Å². The molecule has 7 amide bonds. The Morgan fingerprint density at radius 3 is 1.84 bits per heavy atom. The van der Waals surface area contributed by atoms with Crippen molar-refractivity contribution in [2.45, 2.75) is 94.5 Å². The van der Waals surface area contributed by atoms with E-state index in [1.54, 1.807) is 68.6 Å². The van der Waals surface area contributed by atoms with E-state index < -0.39 is 28.1 Å². The summed E-state index contributed by atoms with van der Waals surface area (Å²) in [5.74, 6) is -0.0791. The van der Waals surface area contributed by atoms with Crippen molar-refractivity contribution in [3.05, 3.63) is 313 Å². The Morgan fingerprint density at radius 1 is 0.592 bits per heavy atom. The number of likely N-dealkylation sites (tertiary alicyclic amines) is 1. The van der Waals surface area contributed by atoms with Gasteiger partial charge in [0.2, 0.25) is 11.8 Å². The fraction of sp³-hybridized carbons (Fsp3) is 0.268. The molecule has 0 radical (unpaired) electrons. The number of hydrogen-bond donors (Lipinski definition) is 5. The Kier molecular flexibility index (Phi) is 26.0. The lowest BCUT2D eigenvalue weighted by atomic mass is 9.77. The molecule has 0 bridgehead atoms. The highest BCUT2D eigenvalue weighted by Crippen LogP contribution is 2.49. The number of guanidine groups is 4. The van der Waals surface area contributed by atoms with Crippen LogP contribution in [-0.4, -0.2) is 164 Å². The summed E-state index contributed by atoms with van der Waals surface area (Å²) < 4.78 is 8.11. The lowest BCUT2D eigenvalue weighted by Gasteiger charge is -2.40. The summed E-state index contributed by atoms with van der Waals surface area (Å²) in [5, 5.41) is 19.6. The number of nitriles is 1. The predicted octanol–water partition coefficient (Wildman–Crippen LogP) is 13.0. The molecule has 2 saturated heterocycles. The summed E-state index contributed by atoms with van der Waals surface area (Å²) in [4.78, 5) is 120. The van der Waals surface area contributed by atoms with E-state index >= 15 is 0 Å². The summed E-state index contributed by atoms with van der Waals surface area (Å²) in [6.45, 7) is 13.6. The molecule has 11 aromatic rings. The smallest absolute Gasteiger partial charge is 0.266 e. The second kappa shape index (κ2) is 37.1. The molecule has 9 aromatic carbocycles. The summed E-state index contributed by atoms with van der Waals surface area (Å²) in [6, 6.07) is 76.5. The van der Waals surface area contributed by atoms with Gasteiger partial charge in [-0.3, -0.25) is 57.8 Å². The molecule has 6 aliphatic heterocycles. The number of piperidine rings is 1. The van der Waals surface area contributed by atoms with Gasteiger partial charge in [-0.15, -0.1) is 11.3 Å². The van der Waals surface area contributed by atoms with E-state index in [9.17, 15) is 38.8 Å². The number of aromatic nitrogens is 2. The lowest BCUT2D eigenvalue weighted by molar-refractivity contribution is -0.133. The van der Waals surface area contributed by atoms with Gasteiger partial charge in [-0.1, -0.05) is 187 Å². The molecule has 17 rings (SSSR count). The first kappa shape index (κ1) is 87.6. The zero-order valence-electron chi connectivity index (χ0n) is 70.9. The van der Waals surface area contributed by atoms with Crippen molar-refractivity contribution in [2.75, 3.05) is 60.0 Å². The molecule has 8 heterocycles. The zero-order chi connectivity index (χ0) is 88.7. The Morgan fingerprint density at radius 2 is 1.19 bits per heavy atom. The molecule has 9 N–H and O–H groups in total. The maximum absolute atomic E-state index is 14.0. The van der Waals surface area contributed by atoms with Gasteiger partial charge in [0.25, 0.3) is 29.5 Å². The third-order valence-corrected chi connectivity index (χ3v) is 25.7. The maximum Gasteiger partial charge on any atom is 0.266 e. The van der Waals surface area contributed by atoms with Crippen LogP contribution in [0.25, 0.3) is 33.2 Å². The van der Waals surface area contributed by atoms with E-state index in [-0.39, 0.29) is 83.7 Å². The topological polar surface area (TPSA) is 355 Å². The molecule has 638 valence electrons. The van der Waals surface area contributed by atoms with Crippen LogP contribution in [0.1, 0.15) is 136 Å². The first-order chi connectivity index (χ1) is 60.1. The van der Waals surface area contributed by atoms with Gasteiger partial charge in [-0.25, -0.2) is 20.0 Å². The number of carbonyl (C=O) groups is 7. The molecule has 26 nitrogen and oxygen atoms in total. The van der Waals surface area contributed by atoms with Gasteiger partial charge in [-0.2, -0.15) is 10.4 Å². The van der Waals surface area contributed by atoms with E-state index in [4.69, 9.17) is 37.7 Å². The first-order valence-electron chi connectivity index (χ1n) is 41.4. The van der Waals surface area contributed by atoms with Crippen LogP contribution >= 0.6 is 27.3 Å². The Hall–Kier alpha value is -13.8. The largest absolute Gasteiger partial charge is 0.378 e. The van der Waals surface area contributed by atoms with Gasteiger partial charge in [-0.05, 0) is 185 Å². The van der Waals surface area contributed by atoms with E-state index in [0.29, 0.717) is 69.0 Å². The number of hydrogen-bond acceptors (Lipinski definition) is 19. The van der Waals surface area contributed by atoms with Crippen molar-refractivity contribution in [1.82, 2.24) is 44.5 Å². The highest BCUT2D eigenvalue weighted by molar-refractivity contribution is 9.10. The van der Waals surface area contributed by atoms with Crippen molar-refractivity contribution in [1.29, 1.82) is 5.26 Å². The van der Waals surface area contributed by atoms with Crippen molar-refractivity contribution in [2.24, 2.45) is 55.9 Å². The summed E-state index contributed by atoms with van der Waals surface area (Å²) >= 11 is 4.95. The van der Waals surface area contributed by atoms with Gasteiger partial charge in [0.05, 0.1) is 55.1 Å². The van der Waals surface area contributed by atoms with Gasteiger partial charge in [0.1, 0.15) is 5.54 Å². The minimum atomic E-state index is -1.26. The van der Waals surface area contributed by atoms with Crippen molar-refractivity contribution in [3.63, 3.8) is 0 Å². The van der Waals surface area contributed by atoms with Crippen LogP contribution in [-0.2, 0) is 64.5 Å². The van der Waals surface area contributed by atoms with Crippen LogP contribution in [0, 0.1) is 17.2 Å². The van der Waals surface area contributed by atoms with E-state index in [1.165, 1.54) is 14.7 Å². The minimum Gasteiger partial charge on any atom is -0.378 e. The number of nitrogens with one attached hydrogen (secondary N) is 1. The van der Waals surface area contributed by atoms with Crippen molar-refractivity contribution in [3.8, 4) is 28.3 Å². The number of nitrogens with zero attached hydrogens (tertiary/aromatic N) is 13.